The number of hydrogen-bond acceptors (Lipinski definition) is 5. The Hall–Kier alpha value is -0.690. The first-order valence-corrected chi connectivity index (χ1v) is 32.4. The Balaban J connectivity index is 3.50. The van der Waals surface area contributed by atoms with E-state index >= 15 is 0 Å². The van der Waals surface area contributed by atoms with Crippen LogP contribution in [-0.2, 0) is 4.79 Å². The molecule has 0 aromatic carbocycles. The van der Waals surface area contributed by atoms with Gasteiger partial charge in [-0.1, -0.05) is 361 Å². The molecule has 0 aromatic rings. The number of hydrogen-bond donors (Lipinski definition) is 5. The van der Waals surface area contributed by atoms with E-state index in [9.17, 15) is 25.2 Å². The predicted octanol–water partition coefficient (Wildman–Crippen LogP) is 19.4. The maximum atomic E-state index is 12.6. The van der Waals surface area contributed by atoms with Gasteiger partial charge in [-0.2, -0.15) is 0 Å². The van der Waals surface area contributed by atoms with Crippen LogP contribution in [-0.4, -0.2) is 57.3 Å². The summed E-state index contributed by atoms with van der Waals surface area (Å²) >= 11 is 0. The standard InChI is InChI=1S/C64H129NO5/c1-3-5-7-9-11-13-15-17-19-21-23-25-26-27-28-29-30-31-32-33-34-35-36-37-38-40-42-44-46-48-50-52-54-56-58-62(68)64(70)65-60(59-66)63(69)61(67)57-55-53-51-49-47-45-43-41-39-24-22-20-18-16-14-12-10-8-6-4-2/h60-63,66-69H,3-59H2,1-2H3,(H,65,70). The zero-order valence-corrected chi connectivity index (χ0v) is 47.8. The summed E-state index contributed by atoms with van der Waals surface area (Å²) in [4.78, 5) is 12.6. The van der Waals surface area contributed by atoms with Crippen LogP contribution in [0, 0.1) is 0 Å². The minimum Gasteiger partial charge on any atom is -0.394 e. The van der Waals surface area contributed by atoms with Gasteiger partial charge in [0.25, 0.3) is 0 Å². The molecule has 0 saturated heterocycles. The van der Waals surface area contributed by atoms with Crippen molar-refractivity contribution in [2.45, 2.75) is 398 Å². The van der Waals surface area contributed by atoms with Gasteiger partial charge in [-0.15, -0.1) is 0 Å². The van der Waals surface area contributed by atoms with Crippen molar-refractivity contribution < 1.29 is 25.2 Å². The molecular weight excluding hydrogens is 863 g/mol. The average molecular weight is 993 g/mol. The highest BCUT2D eigenvalue weighted by atomic mass is 16.3. The van der Waals surface area contributed by atoms with E-state index in [0.717, 1.165) is 38.5 Å². The number of aliphatic hydroxyl groups is 4. The molecule has 1 amide bonds. The minimum absolute atomic E-state index is 0.377. The molecule has 4 unspecified atom stereocenters. The van der Waals surface area contributed by atoms with Crippen LogP contribution in [0.25, 0.3) is 0 Å². The number of aliphatic hydroxyl groups excluding tert-OH is 4. The molecule has 0 bridgehead atoms. The first-order chi connectivity index (χ1) is 34.5. The molecule has 0 spiro atoms. The minimum atomic E-state index is -1.26. The highest BCUT2D eigenvalue weighted by molar-refractivity contribution is 5.80. The summed E-state index contributed by atoms with van der Waals surface area (Å²) in [5.41, 5.74) is 0. The Kier molecular flexibility index (Phi) is 58.6. The topological polar surface area (TPSA) is 110 Å². The lowest BCUT2D eigenvalue weighted by Gasteiger charge is -2.27. The number of nitrogens with one attached hydrogen (secondary N) is 1. The van der Waals surface area contributed by atoms with Crippen LogP contribution in [0.15, 0.2) is 0 Å². The fourth-order valence-electron chi connectivity index (χ4n) is 10.8. The van der Waals surface area contributed by atoms with E-state index in [-0.39, 0.29) is 0 Å². The number of carbonyl (C=O) groups excluding carboxylic acids is 1. The Morgan fingerprint density at radius 3 is 0.686 bits per heavy atom. The average Bonchev–Trinajstić information content (AvgIpc) is 3.36. The van der Waals surface area contributed by atoms with Gasteiger partial charge in [0, 0.05) is 0 Å². The first kappa shape index (κ1) is 69.3. The van der Waals surface area contributed by atoms with Gasteiger partial charge in [0.05, 0.1) is 18.8 Å². The molecule has 0 heterocycles. The van der Waals surface area contributed by atoms with Gasteiger partial charge in [-0.05, 0) is 12.8 Å². The van der Waals surface area contributed by atoms with Crippen molar-refractivity contribution in [1.29, 1.82) is 0 Å². The van der Waals surface area contributed by atoms with Crippen molar-refractivity contribution in [2.75, 3.05) is 6.61 Å². The monoisotopic (exact) mass is 992 g/mol. The fraction of sp³-hybridized carbons (Fsp3) is 0.984. The number of amides is 1. The summed E-state index contributed by atoms with van der Waals surface area (Å²) in [6.07, 6.45) is 70.7. The Bertz CT molecular complexity index is 979. The number of unbranched alkanes of at least 4 members (excludes halogenated alkanes) is 52. The zero-order valence-electron chi connectivity index (χ0n) is 47.8. The van der Waals surface area contributed by atoms with Crippen molar-refractivity contribution in [3.63, 3.8) is 0 Å². The lowest BCUT2D eigenvalue weighted by Crippen LogP contribution is -2.53. The van der Waals surface area contributed by atoms with Crippen molar-refractivity contribution in [3.05, 3.63) is 0 Å². The molecule has 0 aliphatic carbocycles. The van der Waals surface area contributed by atoms with E-state index in [2.05, 4.69) is 19.2 Å². The second kappa shape index (κ2) is 59.2. The Labute approximate surface area is 439 Å². The van der Waals surface area contributed by atoms with E-state index < -0.39 is 36.9 Å². The van der Waals surface area contributed by atoms with Crippen LogP contribution >= 0.6 is 0 Å². The molecule has 0 aliphatic heterocycles. The van der Waals surface area contributed by atoms with Gasteiger partial charge in [0.2, 0.25) is 5.91 Å². The summed E-state index contributed by atoms with van der Waals surface area (Å²) < 4.78 is 0. The molecule has 6 heteroatoms. The normalized spacial score (nSPS) is 13.5. The second-order valence-electron chi connectivity index (χ2n) is 22.8. The van der Waals surface area contributed by atoms with Gasteiger partial charge in [0.1, 0.15) is 12.2 Å². The lowest BCUT2D eigenvalue weighted by molar-refractivity contribution is -0.132. The van der Waals surface area contributed by atoms with Crippen LogP contribution in [0.1, 0.15) is 373 Å². The SMILES string of the molecule is CCCCCCCCCCCCCCCCCCCCCCCCCCCCCCCCCCCCC(O)C(=O)NC(CO)C(O)C(O)CCCCCCCCCCCCCCCCCCCCCC. The quantitative estimate of drug-likeness (QED) is 0.0390. The summed E-state index contributed by atoms with van der Waals surface area (Å²) in [6.45, 7) is 4.11. The molecule has 0 rings (SSSR count). The summed E-state index contributed by atoms with van der Waals surface area (Å²) in [5.74, 6) is -0.574. The van der Waals surface area contributed by atoms with E-state index in [0.29, 0.717) is 12.8 Å². The third-order valence-corrected chi connectivity index (χ3v) is 15.8. The van der Waals surface area contributed by atoms with Crippen molar-refractivity contribution in [3.8, 4) is 0 Å². The van der Waals surface area contributed by atoms with Gasteiger partial charge < -0.3 is 25.7 Å². The molecule has 420 valence electrons. The summed E-state index contributed by atoms with van der Waals surface area (Å²) in [5, 5.41) is 44.1. The smallest absolute Gasteiger partial charge is 0.249 e. The first-order valence-electron chi connectivity index (χ1n) is 32.4. The maximum absolute atomic E-state index is 12.6. The van der Waals surface area contributed by atoms with Crippen molar-refractivity contribution in [2.24, 2.45) is 0 Å². The molecule has 0 fully saturated rings. The predicted molar refractivity (Wildman–Crippen MR) is 307 cm³/mol. The molecule has 0 saturated carbocycles. The molecule has 4 atom stereocenters. The highest BCUT2D eigenvalue weighted by Gasteiger charge is 2.28. The van der Waals surface area contributed by atoms with E-state index in [1.54, 1.807) is 0 Å². The molecule has 70 heavy (non-hydrogen) atoms. The molecule has 0 aromatic heterocycles. The highest BCUT2D eigenvalue weighted by Crippen LogP contribution is 2.20. The maximum Gasteiger partial charge on any atom is 0.249 e. The summed E-state index contributed by atoms with van der Waals surface area (Å²) in [7, 11) is 0. The summed E-state index contributed by atoms with van der Waals surface area (Å²) in [6, 6.07) is -0.981. The largest absolute Gasteiger partial charge is 0.394 e. The van der Waals surface area contributed by atoms with Crippen LogP contribution < -0.4 is 5.32 Å². The molecule has 0 aliphatic rings. The molecule has 6 nitrogen and oxygen atoms in total. The second-order valence-corrected chi connectivity index (χ2v) is 22.8. The molecular formula is C64H129NO5. The van der Waals surface area contributed by atoms with Crippen molar-refractivity contribution in [1.82, 2.24) is 5.32 Å². The van der Waals surface area contributed by atoms with Gasteiger partial charge in [-0.3, -0.25) is 4.79 Å². The fourth-order valence-corrected chi connectivity index (χ4v) is 10.8. The lowest BCUT2D eigenvalue weighted by atomic mass is 9.99. The van der Waals surface area contributed by atoms with Crippen LogP contribution in [0.5, 0.6) is 0 Å². The van der Waals surface area contributed by atoms with Gasteiger partial charge in [0.15, 0.2) is 0 Å². The van der Waals surface area contributed by atoms with Crippen molar-refractivity contribution >= 4 is 5.91 Å². The number of rotatable bonds is 61. The van der Waals surface area contributed by atoms with E-state index in [1.807, 2.05) is 0 Å². The third kappa shape index (κ3) is 52.2. The van der Waals surface area contributed by atoms with Gasteiger partial charge >= 0.3 is 0 Å². The van der Waals surface area contributed by atoms with E-state index in [4.69, 9.17) is 0 Å². The Morgan fingerprint density at radius 2 is 0.486 bits per heavy atom. The van der Waals surface area contributed by atoms with Gasteiger partial charge in [-0.25, -0.2) is 0 Å². The molecule has 5 N–H and O–H groups in total. The number of carbonyl (C=O) groups is 1. The zero-order chi connectivity index (χ0) is 50.9. The van der Waals surface area contributed by atoms with E-state index in [1.165, 1.54) is 308 Å². The van der Waals surface area contributed by atoms with Crippen LogP contribution in [0.4, 0.5) is 0 Å². The van der Waals surface area contributed by atoms with Crippen LogP contribution in [0.3, 0.4) is 0 Å². The molecule has 0 radical (unpaired) electrons. The Morgan fingerprint density at radius 1 is 0.300 bits per heavy atom. The third-order valence-electron chi connectivity index (χ3n) is 15.8. The van der Waals surface area contributed by atoms with Crippen LogP contribution in [0.2, 0.25) is 0 Å².